The van der Waals surface area contributed by atoms with E-state index in [1.54, 1.807) is 18.2 Å². The van der Waals surface area contributed by atoms with E-state index in [1.165, 1.54) is 0 Å². The van der Waals surface area contributed by atoms with Crippen molar-refractivity contribution in [2.75, 3.05) is 13.7 Å². The number of aliphatic hydroxyl groups is 1. The molecule has 0 aliphatic rings. The lowest BCUT2D eigenvalue weighted by Crippen LogP contribution is -2.43. The molecule has 1 rings (SSSR count). The highest BCUT2D eigenvalue weighted by Gasteiger charge is 2.27. The second-order valence-electron chi connectivity index (χ2n) is 5.75. The highest BCUT2D eigenvalue weighted by atomic mass is 35.5. The number of phenolic OH excluding ortho intramolecular Hbond substituents is 1. The molecule has 0 heterocycles. The van der Waals surface area contributed by atoms with E-state index >= 15 is 0 Å². The predicted octanol–water partition coefficient (Wildman–Crippen LogP) is 2.88. The van der Waals surface area contributed by atoms with Crippen LogP contribution < -0.4 is 0 Å². The van der Waals surface area contributed by atoms with Gasteiger partial charge in [-0.05, 0) is 30.7 Å². The summed E-state index contributed by atoms with van der Waals surface area (Å²) < 4.78 is 0. The van der Waals surface area contributed by atoms with Crippen molar-refractivity contribution >= 4 is 11.6 Å². The van der Waals surface area contributed by atoms with Crippen LogP contribution in [0.1, 0.15) is 26.3 Å². The lowest BCUT2D eigenvalue weighted by Gasteiger charge is -2.36. The second kappa shape index (κ2) is 5.91. The van der Waals surface area contributed by atoms with Gasteiger partial charge in [0, 0.05) is 23.2 Å². The minimum Gasteiger partial charge on any atom is -0.508 e. The number of rotatable bonds is 4. The van der Waals surface area contributed by atoms with Crippen LogP contribution in [0.3, 0.4) is 0 Å². The summed E-state index contributed by atoms with van der Waals surface area (Å²) >= 11 is 5.92. The maximum absolute atomic E-state index is 9.79. The topological polar surface area (TPSA) is 43.7 Å². The van der Waals surface area contributed by atoms with Gasteiger partial charge in [-0.3, -0.25) is 4.90 Å². The molecular formula is C14H22ClNO2. The molecule has 0 bridgehead atoms. The molecule has 0 saturated heterocycles. The molecule has 0 radical (unpaired) electrons. The van der Waals surface area contributed by atoms with Gasteiger partial charge in [0.15, 0.2) is 0 Å². The summed E-state index contributed by atoms with van der Waals surface area (Å²) in [7, 11) is 1.94. The van der Waals surface area contributed by atoms with E-state index in [9.17, 15) is 10.2 Å². The predicted molar refractivity (Wildman–Crippen MR) is 74.9 cm³/mol. The smallest absolute Gasteiger partial charge is 0.120 e. The third kappa shape index (κ3) is 3.87. The Labute approximate surface area is 114 Å². The Morgan fingerprint density at radius 1 is 1.33 bits per heavy atom. The number of hydrogen-bond acceptors (Lipinski definition) is 3. The van der Waals surface area contributed by atoms with Gasteiger partial charge in [-0.2, -0.15) is 0 Å². The Balaban J connectivity index is 2.86. The highest BCUT2D eigenvalue weighted by Crippen LogP contribution is 2.27. The first-order valence-corrected chi connectivity index (χ1v) is 6.42. The van der Waals surface area contributed by atoms with Crippen LogP contribution in [0, 0.1) is 5.41 Å². The van der Waals surface area contributed by atoms with E-state index in [1.807, 2.05) is 11.9 Å². The molecule has 0 aliphatic carbocycles. The number of phenols is 1. The molecule has 4 heteroatoms. The summed E-state index contributed by atoms with van der Waals surface area (Å²) in [5, 5.41) is 19.9. The van der Waals surface area contributed by atoms with E-state index in [-0.39, 0.29) is 23.8 Å². The number of halogens is 1. The number of aromatic hydroxyl groups is 1. The van der Waals surface area contributed by atoms with Crippen molar-refractivity contribution in [3.8, 4) is 5.75 Å². The van der Waals surface area contributed by atoms with Crippen LogP contribution in [0.25, 0.3) is 0 Å². The summed E-state index contributed by atoms with van der Waals surface area (Å²) in [6.45, 7) is 6.89. The number of benzene rings is 1. The van der Waals surface area contributed by atoms with Gasteiger partial charge in [0.25, 0.3) is 0 Å². The second-order valence-corrected chi connectivity index (χ2v) is 6.19. The Hall–Kier alpha value is -0.770. The quantitative estimate of drug-likeness (QED) is 0.885. The summed E-state index contributed by atoms with van der Waals surface area (Å²) in [5.41, 5.74) is 0.741. The Kier molecular flexibility index (Phi) is 5.02. The van der Waals surface area contributed by atoms with Gasteiger partial charge < -0.3 is 10.2 Å². The molecule has 2 N–H and O–H groups in total. The van der Waals surface area contributed by atoms with Crippen molar-refractivity contribution in [1.29, 1.82) is 0 Å². The Morgan fingerprint density at radius 2 is 1.94 bits per heavy atom. The minimum absolute atomic E-state index is 0.0240. The molecule has 1 unspecified atom stereocenters. The molecule has 18 heavy (non-hydrogen) atoms. The summed E-state index contributed by atoms with van der Waals surface area (Å²) in [5.74, 6) is 0.233. The zero-order valence-electron chi connectivity index (χ0n) is 11.4. The first-order valence-electron chi connectivity index (χ1n) is 6.04. The molecule has 1 atom stereocenters. The first kappa shape index (κ1) is 15.3. The number of likely N-dealkylation sites (N-methyl/N-ethyl adjacent to an activating group) is 1. The van der Waals surface area contributed by atoms with Gasteiger partial charge >= 0.3 is 0 Å². The average molecular weight is 272 g/mol. The van der Waals surface area contributed by atoms with Gasteiger partial charge in [0.2, 0.25) is 0 Å². The van der Waals surface area contributed by atoms with Crippen LogP contribution in [0.15, 0.2) is 18.2 Å². The van der Waals surface area contributed by atoms with Crippen LogP contribution in [0.5, 0.6) is 5.75 Å². The number of nitrogens with zero attached hydrogens (tertiary/aromatic N) is 1. The largest absolute Gasteiger partial charge is 0.508 e. The Morgan fingerprint density at radius 3 is 2.44 bits per heavy atom. The minimum atomic E-state index is -0.0301. The number of hydrogen-bond donors (Lipinski definition) is 2. The van der Waals surface area contributed by atoms with E-state index in [2.05, 4.69) is 20.8 Å². The van der Waals surface area contributed by atoms with Gasteiger partial charge in [-0.1, -0.05) is 32.4 Å². The molecule has 0 aliphatic heterocycles. The fourth-order valence-electron chi connectivity index (χ4n) is 2.13. The highest BCUT2D eigenvalue weighted by molar-refractivity contribution is 6.30. The molecule has 0 spiro atoms. The van der Waals surface area contributed by atoms with Crippen molar-refractivity contribution < 1.29 is 10.2 Å². The molecule has 0 amide bonds. The SMILES string of the molecule is CN(Cc1cc(Cl)ccc1O)C(CO)C(C)(C)C. The van der Waals surface area contributed by atoms with E-state index < -0.39 is 0 Å². The van der Waals surface area contributed by atoms with E-state index in [0.29, 0.717) is 11.6 Å². The first-order chi connectivity index (χ1) is 8.25. The maximum Gasteiger partial charge on any atom is 0.120 e. The van der Waals surface area contributed by atoms with E-state index in [4.69, 9.17) is 11.6 Å². The van der Waals surface area contributed by atoms with E-state index in [0.717, 1.165) is 5.56 Å². The van der Waals surface area contributed by atoms with Crippen molar-refractivity contribution in [2.45, 2.75) is 33.4 Å². The van der Waals surface area contributed by atoms with Crippen molar-refractivity contribution in [1.82, 2.24) is 4.90 Å². The summed E-state index contributed by atoms with van der Waals surface area (Å²) in [6.07, 6.45) is 0. The third-order valence-corrected chi connectivity index (χ3v) is 3.40. The van der Waals surface area contributed by atoms with Crippen LogP contribution in [0.2, 0.25) is 5.02 Å². The van der Waals surface area contributed by atoms with Gasteiger partial charge in [0.1, 0.15) is 5.75 Å². The van der Waals surface area contributed by atoms with Crippen LogP contribution in [0.4, 0.5) is 0 Å². The molecule has 0 fully saturated rings. The van der Waals surface area contributed by atoms with Gasteiger partial charge in [-0.25, -0.2) is 0 Å². The van der Waals surface area contributed by atoms with Gasteiger partial charge in [0.05, 0.1) is 6.61 Å². The zero-order valence-corrected chi connectivity index (χ0v) is 12.2. The standard InChI is InChI=1S/C14H22ClNO2/c1-14(2,3)13(9-17)16(4)8-10-7-11(15)5-6-12(10)18/h5-7,13,17-18H,8-9H2,1-4H3. The summed E-state index contributed by atoms with van der Waals surface area (Å²) in [6, 6.07) is 5.03. The van der Waals surface area contributed by atoms with Crippen molar-refractivity contribution in [3.63, 3.8) is 0 Å². The zero-order chi connectivity index (χ0) is 13.9. The Bertz CT molecular complexity index is 401. The summed E-state index contributed by atoms with van der Waals surface area (Å²) in [4.78, 5) is 2.03. The molecule has 0 aromatic heterocycles. The molecule has 3 nitrogen and oxygen atoms in total. The molecule has 102 valence electrons. The average Bonchev–Trinajstić information content (AvgIpc) is 2.22. The van der Waals surface area contributed by atoms with Crippen LogP contribution in [-0.4, -0.2) is 34.8 Å². The number of aliphatic hydroxyl groups excluding tert-OH is 1. The molecule has 1 aromatic carbocycles. The molecule has 1 aromatic rings. The lowest BCUT2D eigenvalue weighted by molar-refractivity contribution is 0.0609. The van der Waals surface area contributed by atoms with Crippen molar-refractivity contribution in [3.05, 3.63) is 28.8 Å². The molecule has 0 saturated carbocycles. The fourth-order valence-corrected chi connectivity index (χ4v) is 2.33. The van der Waals surface area contributed by atoms with Crippen molar-refractivity contribution in [2.24, 2.45) is 5.41 Å². The monoisotopic (exact) mass is 271 g/mol. The lowest BCUT2D eigenvalue weighted by atomic mass is 9.86. The third-order valence-electron chi connectivity index (χ3n) is 3.17. The van der Waals surface area contributed by atoms with Crippen LogP contribution in [-0.2, 0) is 6.54 Å². The maximum atomic E-state index is 9.79. The van der Waals surface area contributed by atoms with Gasteiger partial charge in [-0.15, -0.1) is 0 Å². The molecular weight excluding hydrogens is 250 g/mol. The van der Waals surface area contributed by atoms with Crippen LogP contribution >= 0.6 is 11.6 Å². The normalized spacial score (nSPS) is 13.9. The fraction of sp³-hybridized carbons (Fsp3) is 0.571.